The van der Waals surface area contributed by atoms with Crippen molar-refractivity contribution >= 4 is 29.3 Å². The summed E-state index contributed by atoms with van der Waals surface area (Å²) in [4.78, 5) is 12.3. The molecule has 0 aliphatic carbocycles. The summed E-state index contributed by atoms with van der Waals surface area (Å²) in [7, 11) is 0. The Kier molecular flexibility index (Phi) is 6.59. The van der Waals surface area contributed by atoms with Gasteiger partial charge in [-0.25, -0.2) is 0 Å². The Bertz CT molecular complexity index is 1170. The fourth-order valence-corrected chi connectivity index (χ4v) is 3.79. The molecule has 0 radical (unpaired) electrons. The third-order valence-electron chi connectivity index (χ3n) is 4.35. The van der Waals surface area contributed by atoms with Gasteiger partial charge >= 0.3 is 0 Å². The number of nitrogens with one attached hydrogen (secondary N) is 1. The molecule has 0 bridgehead atoms. The molecule has 9 heteroatoms. The largest absolute Gasteiger partial charge is 0.461 e. The second-order valence-electron chi connectivity index (χ2n) is 6.52. The molecule has 7 nitrogen and oxygen atoms in total. The summed E-state index contributed by atoms with van der Waals surface area (Å²) in [6.45, 7) is 4.58. The normalized spacial score (nSPS) is 10.9. The number of aromatic nitrogens is 3. The minimum Gasteiger partial charge on any atom is -0.461 e. The monoisotopic (exact) mass is 454 g/mol. The Morgan fingerprint density at radius 1 is 1.16 bits per heavy atom. The molecule has 0 unspecified atom stereocenters. The molecule has 31 heavy (non-hydrogen) atoms. The Morgan fingerprint density at radius 2 is 2.00 bits per heavy atom. The number of rotatable bonds is 9. The highest BCUT2D eigenvalue weighted by atomic mass is 35.5. The molecule has 0 saturated heterocycles. The smallest absolute Gasteiger partial charge is 0.230 e. The summed E-state index contributed by atoms with van der Waals surface area (Å²) in [5.74, 6) is 2.65. The zero-order valence-corrected chi connectivity index (χ0v) is 18.0. The number of carbonyl (C=O) groups excluding carboxylic acids is 1. The van der Waals surface area contributed by atoms with Crippen LogP contribution >= 0.6 is 23.4 Å². The third-order valence-corrected chi connectivity index (χ3v) is 5.57. The Balaban J connectivity index is 1.33. The number of carbonyl (C=O) groups is 1. The first-order valence-corrected chi connectivity index (χ1v) is 10.8. The van der Waals surface area contributed by atoms with Gasteiger partial charge in [0.05, 0.1) is 18.6 Å². The molecule has 0 fully saturated rings. The van der Waals surface area contributed by atoms with Crippen LogP contribution in [0.15, 0.2) is 81.4 Å². The minimum absolute atomic E-state index is 0.137. The van der Waals surface area contributed by atoms with Crippen molar-refractivity contribution in [3.8, 4) is 22.9 Å². The van der Waals surface area contributed by atoms with Gasteiger partial charge in [-0.1, -0.05) is 29.4 Å². The van der Waals surface area contributed by atoms with E-state index >= 15 is 0 Å². The standard InChI is InChI=1S/C22H19ClN4O3S/c1-2-11-27-21(19-4-3-12-29-19)25-26-22(27)31-14-20(28)24-13-17-9-10-18(30-17)15-5-7-16(23)8-6-15/h2-10,12H,1,11,13-14H2,(H,24,28). The number of furan rings is 2. The van der Waals surface area contributed by atoms with Crippen LogP contribution in [-0.2, 0) is 17.9 Å². The SMILES string of the molecule is C=CCn1c(SCC(=O)NCc2ccc(-c3ccc(Cl)cc3)o2)nnc1-c1ccco1. The van der Waals surface area contributed by atoms with Gasteiger partial charge in [0.1, 0.15) is 11.5 Å². The topological polar surface area (TPSA) is 86.1 Å². The number of hydrogen-bond acceptors (Lipinski definition) is 6. The summed E-state index contributed by atoms with van der Waals surface area (Å²) < 4.78 is 13.1. The molecule has 0 aliphatic rings. The van der Waals surface area contributed by atoms with Crippen LogP contribution in [0, 0.1) is 0 Å². The lowest BCUT2D eigenvalue weighted by atomic mass is 10.2. The van der Waals surface area contributed by atoms with Gasteiger partial charge in [-0.3, -0.25) is 9.36 Å². The van der Waals surface area contributed by atoms with E-state index in [9.17, 15) is 4.79 Å². The van der Waals surface area contributed by atoms with Gasteiger partial charge < -0.3 is 14.2 Å². The molecule has 0 saturated carbocycles. The molecule has 0 spiro atoms. The van der Waals surface area contributed by atoms with Crippen LogP contribution in [-0.4, -0.2) is 26.4 Å². The quantitative estimate of drug-likeness (QED) is 0.281. The van der Waals surface area contributed by atoms with Crippen LogP contribution < -0.4 is 5.32 Å². The lowest BCUT2D eigenvalue weighted by Crippen LogP contribution is -2.24. The van der Waals surface area contributed by atoms with Gasteiger partial charge in [-0.2, -0.15) is 0 Å². The van der Waals surface area contributed by atoms with Crippen molar-refractivity contribution in [1.82, 2.24) is 20.1 Å². The van der Waals surface area contributed by atoms with E-state index in [-0.39, 0.29) is 11.7 Å². The zero-order valence-electron chi connectivity index (χ0n) is 16.5. The molecule has 1 amide bonds. The summed E-state index contributed by atoms with van der Waals surface area (Å²) in [6.07, 6.45) is 3.32. The predicted octanol–water partition coefficient (Wildman–Crippen LogP) is 5.05. The van der Waals surface area contributed by atoms with E-state index in [4.69, 9.17) is 20.4 Å². The van der Waals surface area contributed by atoms with E-state index in [1.165, 1.54) is 11.8 Å². The fourth-order valence-electron chi connectivity index (χ4n) is 2.89. The maximum atomic E-state index is 12.3. The van der Waals surface area contributed by atoms with Gasteiger partial charge in [-0.15, -0.1) is 16.8 Å². The first-order valence-electron chi connectivity index (χ1n) is 9.46. The van der Waals surface area contributed by atoms with E-state index in [1.807, 2.05) is 34.9 Å². The zero-order chi connectivity index (χ0) is 21.6. The van der Waals surface area contributed by atoms with Crippen molar-refractivity contribution in [2.45, 2.75) is 18.2 Å². The molecule has 3 aromatic heterocycles. The van der Waals surface area contributed by atoms with E-state index in [2.05, 4.69) is 22.1 Å². The molecule has 4 rings (SSSR count). The van der Waals surface area contributed by atoms with Gasteiger partial charge in [0.15, 0.2) is 10.9 Å². The second-order valence-corrected chi connectivity index (χ2v) is 7.90. The highest BCUT2D eigenvalue weighted by Crippen LogP contribution is 2.25. The average molecular weight is 455 g/mol. The van der Waals surface area contributed by atoms with Gasteiger partial charge in [0.2, 0.25) is 11.7 Å². The third kappa shape index (κ3) is 5.10. The number of thioether (sulfide) groups is 1. The Morgan fingerprint density at radius 3 is 2.74 bits per heavy atom. The van der Waals surface area contributed by atoms with Crippen molar-refractivity contribution in [3.63, 3.8) is 0 Å². The highest BCUT2D eigenvalue weighted by molar-refractivity contribution is 7.99. The molecular weight excluding hydrogens is 436 g/mol. The molecular formula is C22H19ClN4O3S. The van der Waals surface area contributed by atoms with Gasteiger partial charge in [0.25, 0.3) is 0 Å². The maximum absolute atomic E-state index is 12.3. The van der Waals surface area contributed by atoms with E-state index in [0.29, 0.717) is 40.6 Å². The van der Waals surface area contributed by atoms with Crippen LogP contribution in [0.3, 0.4) is 0 Å². The van der Waals surface area contributed by atoms with E-state index in [0.717, 1.165) is 11.3 Å². The first kappa shape index (κ1) is 21.0. The predicted molar refractivity (Wildman–Crippen MR) is 120 cm³/mol. The molecule has 1 N–H and O–H groups in total. The highest BCUT2D eigenvalue weighted by Gasteiger charge is 2.16. The summed E-state index contributed by atoms with van der Waals surface area (Å²) in [5.41, 5.74) is 0.923. The van der Waals surface area contributed by atoms with E-state index in [1.54, 1.807) is 30.5 Å². The number of nitrogens with zero attached hydrogens (tertiary/aromatic N) is 3. The molecule has 158 valence electrons. The van der Waals surface area contributed by atoms with Crippen LogP contribution in [0.1, 0.15) is 5.76 Å². The number of halogens is 1. The lowest BCUT2D eigenvalue weighted by molar-refractivity contribution is -0.118. The van der Waals surface area contributed by atoms with Gasteiger partial charge in [0, 0.05) is 17.1 Å². The second kappa shape index (κ2) is 9.72. The van der Waals surface area contributed by atoms with Crippen LogP contribution in [0.2, 0.25) is 5.02 Å². The molecule has 0 aliphatic heterocycles. The van der Waals surface area contributed by atoms with Crippen LogP contribution in [0.5, 0.6) is 0 Å². The Hall–Kier alpha value is -3.23. The number of benzene rings is 1. The summed E-state index contributed by atoms with van der Waals surface area (Å²) in [5, 5.41) is 12.5. The van der Waals surface area contributed by atoms with Crippen molar-refractivity contribution in [1.29, 1.82) is 0 Å². The van der Waals surface area contributed by atoms with Crippen molar-refractivity contribution < 1.29 is 13.6 Å². The summed E-state index contributed by atoms with van der Waals surface area (Å²) in [6, 6.07) is 14.7. The van der Waals surface area contributed by atoms with E-state index < -0.39 is 0 Å². The number of hydrogen-bond donors (Lipinski definition) is 1. The molecule has 4 aromatic rings. The number of allylic oxidation sites excluding steroid dienone is 1. The number of amides is 1. The molecule has 1 aromatic carbocycles. The van der Waals surface area contributed by atoms with Gasteiger partial charge in [-0.05, 0) is 48.5 Å². The van der Waals surface area contributed by atoms with Crippen LogP contribution in [0.25, 0.3) is 22.9 Å². The lowest BCUT2D eigenvalue weighted by Gasteiger charge is -2.06. The van der Waals surface area contributed by atoms with Crippen molar-refractivity contribution in [2.75, 3.05) is 5.75 Å². The van der Waals surface area contributed by atoms with Crippen molar-refractivity contribution in [2.24, 2.45) is 0 Å². The fraction of sp³-hybridized carbons (Fsp3) is 0.136. The van der Waals surface area contributed by atoms with Crippen LogP contribution in [0.4, 0.5) is 0 Å². The Labute approximate surface area is 188 Å². The molecule has 0 atom stereocenters. The first-order chi connectivity index (χ1) is 15.1. The minimum atomic E-state index is -0.137. The summed E-state index contributed by atoms with van der Waals surface area (Å²) >= 11 is 7.21. The molecule has 3 heterocycles. The van der Waals surface area contributed by atoms with Crippen molar-refractivity contribution in [3.05, 3.63) is 78.2 Å². The average Bonchev–Trinajstić information content (AvgIpc) is 3.53. The maximum Gasteiger partial charge on any atom is 0.230 e.